The van der Waals surface area contributed by atoms with Crippen molar-refractivity contribution in [2.24, 2.45) is 5.92 Å². The minimum atomic E-state index is -0.898. The van der Waals surface area contributed by atoms with Gasteiger partial charge in [0.1, 0.15) is 0 Å². The normalized spacial score (nSPS) is 11.9. The number of carboxylic acids is 1. The lowest BCUT2D eigenvalue weighted by atomic mass is 10.0. The molecule has 0 radical (unpaired) electrons. The molecule has 1 amide bonds. The summed E-state index contributed by atoms with van der Waals surface area (Å²) in [5.74, 6) is -1.27. The Bertz CT molecular complexity index is 477. The Labute approximate surface area is 121 Å². The van der Waals surface area contributed by atoms with Gasteiger partial charge in [0.15, 0.2) is 0 Å². The van der Waals surface area contributed by atoms with Gasteiger partial charge in [-0.15, -0.1) is 0 Å². The molecule has 1 aromatic carbocycles. The van der Waals surface area contributed by atoms with E-state index in [2.05, 4.69) is 5.32 Å². The Kier molecular flexibility index (Phi) is 6.12. The third-order valence-electron chi connectivity index (χ3n) is 2.53. The van der Waals surface area contributed by atoms with Gasteiger partial charge in [0.25, 0.3) is 0 Å². The van der Waals surface area contributed by atoms with E-state index in [4.69, 9.17) is 28.3 Å². The molecule has 0 aliphatic heterocycles. The Morgan fingerprint density at radius 3 is 2.53 bits per heavy atom. The van der Waals surface area contributed by atoms with E-state index >= 15 is 0 Å². The lowest BCUT2D eigenvalue weighted by Gasteiger charge is -2.10. The van der Waals surface area contributed by atoms with Gasteiger partial charge < -0.3 is 10.4 Å². The molecule has 0 aliphatic rings. The summed E-state index contributed by atoms with van der Waals surface area (Å²) in [7, 11) is 0. The van der Waals surface area contributed by atoms with Crippen molar-refractivity contribution in [3.63, 3.8) is 0 Å². The molecule has 0 aromatic heterocycles. The summed E-state index contributed by atoms with van der Waals surface area (Å²) >= 11 is 11.6. The number of carbonyl (C=O) groups excluding carboxylic acids is 1. The monoisotopic (exact) mass is 303 g/mol. The van der Waals surface area contributed by atoms with E-state index in [9.17, 15) is 9.59 Å². The fraction of sp³-hybridized carbons (Fsp3) is 0.385. The summed E-state index contributed by atoms with van der Waals surface area (Å²) in [6.07, 6.45) is 0.174. The van der Waals surface area contributed by atoms with Gasteiger partial charge in [0.2, 0.25) is 5.91 Å². The van der Waals surface area contributed by atoms with E-state index in [0.717, 1.165) is 5.56 Å². The van der Waals surface area contributed by atoms with Gasteiger partial charge in [-0.2, -0.15) is 0 Å². The molecule has 0 fully saturated rings. The summed E-state index contributed by atoms with van der Waals surface area (Å²) < 4.78 is 0. The third kappa shape index (κ3) is 5.94. The zero-order chi connectivity index (χ0) is 14.4. The Morgan fingerprint density at radius 1 is 1.26 bits per heavy atom. The number of rotatable bonds is 6. The quantitative estimate of drug-likeness (QED) is 0.848. The Morgan fingerprint density at radius 2 is 1.95 bits per heavy atom. The molecule has 6 heteroatoms. The number of carbonyl (C=O) groups is 2. The van der Waals surface area contributed by atoms with E-state index in [-0.39, 0.29) is 24.7 Å². The maximum Gasteiger partial charge on any atom is 0.303 e. The van der Waals surface area contributed by atoms with Crippen LogP contribution in [-0.4, -0.2) is 17.0 Å². The highest BCUT2D eigenvalue weighted by Gasteiger charge is 2.12. The van der Waals surface area contributed by atoms with E-state index < -0.39 is 5.97 Å². The number of amides is 1. The zero-order valence-electron chi connectivity index (χ0n) is 10.5. The molecule has 0 heterocycles. The average Bonchev–Trinajstić information content (AvgIpc) is 2.29. The first kappa shape index (κ1) is 15.8. The number of nitrogens with one attached hydrogen (secondary N) is 1. The van der Waals surface area contributed by atoms with Crippen molar-refractivity contribution in [3.05, 3.63) is 33.8 Å². The lowest BCUT2D eigenvalue weighted by molar-refractivity contribution is -0.138. The van der Waals surface area contributed by atoms with Crippen LogP contribution in [0.4, 0.5) is 0 Å². The molecule has 1 rings (SSSR count). The van der Waals surface area contributed by atoms with Crippen molar-refractivity contribution >= 4 is 35.1 Å². The van der Waals surface area contributed by atoms with Crippen LogP contribution in [0.25, 0.3) is 0 Å². The van der Waals surface area contributed by atoms with E-state index in [1.54, 1.807) is 25.1 Å². The molecule has 1 atom stereocenters. The van der Waals surface area contributed by atoms with Crippen molar-refractivity contribution in [3.8, 4) is 0 Å². The van der Waals surface area contributed by atoms with Crippen molar-refractivity contribution < 1.29 is 14.7 Å². The van der Waals surface area contributed by atoms with E-state index in [1.807, 2.05) is 0 Å². The average molecular weight is 304 g/mol. The number of halogens is 2. The summed E-state index contributed by atoms with van der Waals surface area (Å²) in [5.41, 5.74) is 0.841. The number of benzene rings is 1. The minimum absolute atomic E-state index is 0.0137. The molecule has 0 saturated carbocycles. The number of hydrogen-bond donors (Lipinski definition) is 2. The predicted octanol–water partition coefficient (Wildman–Crippen LogP) is 3.11. The molecule has 4 nitrogen and oxygen atoms in total. The Hall–Kier alpha value is -1.26. The highest BCUT2D eigenvalue weighted by atomic mass is 35.5. The van der Waals surface area contributed by atoms with Crippen LogP contribution in [0.1, 0.15) is 25.3 Å². The maximum absolute atomic E-state index is 11.6. The first-order valence-electron chi connectivity index (χ1n) is 5.81. The molecule has 0 spiro atoms. The molecule has 0 saturated heterocycles. The lowest BCUT2D eigenvalue weighted by Crippen LogP contribution is -2.25. The van der Waals surface area contributed by atoms with Gasteiger partial charge >= 0.3 is 5.97 Å². The van der Waals surface area contributed by atoms with Crippen molar-refractivity contribution in [2.75, 3.05) is 0 Å². The molecule has 104 valence electrons. The van der Waals surface area contributed by atoms with Gasteiger partial charge in [-0.25, -0.2) is 0 Å². The van der Waals surface area contributed by atoms with Gasteiger partial charge in [-0.05, 0) is 23.6 Å². The first-order chi connectivity index (χ1) is 8.88. The van der Waals surface area contributed by atoms with Gasteiger partial charge in [0.05, 0.1) is 10.0 Å². The maximum atomic E-state index is 11.6. The van der Waals surface area contributed by atoms with Crippen molar-refractivity contribution in [1.29, 1.82) is 0 Å². The molecule has 0 bridgehead atoms. The highest BCUT2D eigenvalue weighted by Crippen LogP contribution is 2.22. The van der Waals surface area contributed by atoms with E-state index in [0.29, 0.717) is 16.6 Å². The predicted molar refractivity (Wildman–Crippen MR) is 74.3 cm³/mol. The highest BCUT2D eigenvalue weighted by molar-refractivity contribution is 6.42. The van der Waals surface area contributed by atoms with Crippen LogP contribution in [0.15, 0.2) is 18.2 Å². The van der Waals surface area contributed by atoms with Crippen LogP contribution in [-0.2, 0) is 16.1 Å². The number of hydrogen-bond acceptors (Lipinski definition) is 2. The van der Waals surface area contributed by atoms with Crippen molar-refractivity contribution in [1.82, 2.24) is 5.32 Å². The van der Waals surface area contributed by atoms with Crippen LogP contribution in [0.2, 0.25) is 10.0 Å². The van der Waals surface area contributed by atoms with Crippen molar-refractivity contribution in [2.45, 2.75) is 26.3 Å². The minimum Gasteiger partial charge on any atom is -0.481 e. The fourth-order valence-corrected chi connectivity index (χ4v) is 1.93. The standard InChI is InChI=1S/C13H15Cl2NO3/c1-8(5-13(18)19)4-12(17)16-7-9-2-3-10(14)11(15)6-9/h2-3,6,8H,4-5,7H2,1H3,(H,16,17)(H,18,19). The molecule has 2 N–H and O–H groups in total. The SMILES string of the molecule is CC(CC(=O)O)CC(=O)NCc1ccc(Cl)c(Cl)c1. The van der Waals surface area contributed by atoms with Crippen LogP contribution in [0, 0.1) is 5.92 Å². The summed E-state index contributed by atoms with van der Waals surface area (Å²) in [4.78, 5) is 22.1. The van der Waals surface area contributed by atoms with Crippen LogP contribution in [0.5, 0.6) is 0 Å². The first-order valence-corrected chi connectivity index (χ1v) is 6.56. The second kappa shape index (κ2) is 7.36. The van der Waals surface area contributed by atoms with Gasteiger partial charge in [-0.1, -0.05) is 36.2 Å². The molecule has 1 unspecified atom stereocenters. The van der Waals surface area contributed by atoms with Crippen LogP contribution < -0.4 is 5.32 Å². The second-order valence-electron chi connectivity index (χ2n) is 4.43. The number of aliphatic carboxylic acids is 1. The molecule has 0 aliphatic carbocycles. The molecular weight excluding hydrogens is 289 g/mol. The largest absolute Gasteiger partial charge is 0.481 e. The molecular formula is C13H15Cl2NO3. The number of carboxylic acid groups (broad SMARTS) is 1. The van der Waals surface area contributed by atoms with Gasteiger partial charge in [0, 0.05) is 19.4 Å². The third-order valence-corrected chi connectivity index (χ3v) is 3.27. The summed E-state index contributed by atoms with van der Waals surface area (Å²) in [5, 5.41) is 12.2. The second-order valence-corrected chi connectivity index (χ2v) is 5.25. The van der Waals surface area contributed by atoms with E-state index in [1.165, 1.54) is 0 Å². The summed E-state index contributed by atoms with van der Waals surface area (Å²) in [6.45, 7) is 2.07. The topological polar surface area (TPSA) is 66.4 Å². The smallest absolute Gasteiger partial charge is 0.303 e. The fourth-order valence-electron chi connectivity index (χ4n) is 1.61. The molecule has 19 heavy (non-hydrogen) atoms. The zero-order valence-corrected chi connectivity index (χ0v) is 12.0. The Balaban J connectivity index is 2.41. The van der Waals surface area contributed by atoms with Gasteiger partial charge in [-0.3, -0.25) is 9.59 Å². The summed E-state index contributed by atoms with van der Waals surface area (Å²) in [6, 6.07) is 5.12. The van der Waals surface area contributed by atoms with Crippen LogP contribution in [0.3, 0.4) is 0 Å². The molecule has 1 aromatic rings. The van der Waals surface area contributed by atoms with Crippen LogP contribution >= 0.6 is 23.2 Å².